The van der Waals surface area contributed by atoms with Gasteiger partial charge in [-0.15, -0.1) is 0 Å². The highest BCUT2D eigenvalue weighted by molar-refractivity contribution is 5.88. The van der Waals surface area contributed by atoms with Gasteiger partial charge in [0.15, 0.2) is 0 Å². The Morgan fingerprint density at radius 1 is 1.33 bits per heavy atom. The lowest BCUT2D eigenvalue weighted by Gasteiger charge is -2.15. The first-order valence-electron chi connectivity index (χ1n) is 6.33. The molecule has 2 rings (SSSR count). The van der Waals surface area contributed by atoms with Crippen molar-refractivity contribution in [1.82, 2.24) is 9.55 Å². The van der Waals surface area contributed by atoms with Crippen molar-refractivity contribution in [2.45, 2.75) is 19.9 Å². The first-order valence-corrected chi connectivity index (χ1v) is 6.33. The lowest BCUT2D eigenvalue weighted by molar-refractivity contribution is -0.137. The molecule has 0 aliphatic carbocycles. The van der Waals surface area contributed by atoms with Gasteiger partial charge in [-0.1, -0.05) is 0 Å². The second kappa shape index (κ2) is 5.82. The summed E-state index contributed by atoms with van der Waals surface area (Å²) in [6.45, 7) is 1.74. The molecular formula is C14H16N2O5. The van der Waals surface area contributed by atoms with Crippen LogP contribution in [-0.2, 0) is 11.3 Å². The molecule has 0 fully saturated rings. The van der Waals surface area contributed by atoms with E-state index < -0.39 is 11.7 Å². The number of aliphatic carboxylic acids is 1. The van der Waals surface area contributed by atoms with Crippen LogP contribution in [0.2, 0.25) is 0 Å². The van der Waals surface area contributed by atoms with Gasteiger partial charge in [0.25, 0.3) is 0 Å². The van der Waals surface area contributed by atoms with E-state index >= 15 is 0 Å². The second-order valence-electron chi connectivity index (χ2n) is 4.50. The number of aryl methyl sites for hydroxylation is 2. The lowest BCUT2D eigenvalue weighted by Crippen LogP contribution is -2.25. The molecule has 0 aliphatic heterocycles. The molecule has 0 saturated carbocycles. The van der Waals surface area contributed by atoms with Gasteiger partial charge in [-0.2, -0.15) is 4.98 Å². The lowest BCUT2D eigenvalue weighted by atomic mass is 10.1. The topological polar surface area (TPSA) is 90.7 Å². The highest BCUT2D eigenvalue weighted by atomic mass is 16.5. The van der Waals surface area contributed by atoms with E-state index in [1.54, 1.807) is 19.1 Å². The van der Waals surface area contributed by atoms with Gasteiger partial charge in [0.1, 0.15) is 11.5 Å². The summed E-state index contributed by atoms with van der Waals surface area (Å²) in [5.74, 6) is 0.0353. The first kappa shape index (κ1) is 14.8. The average molecular weight is 292 g/mol. The highest BCUT2D eigenvalue weighted by Gasteiger charge is 2.15. The van der Waals surface area contributed by atoms with Crippen molar-refractivity contribution in [2.75, 3.05) is 14.2 Å². The van der Waals surface area contributed by atoms with E-state index in [2.05, 4.69) is 4.98 Å². The van der Waals surface area contributed by atoms with E-state index in [0.717, 1.165) is 0 Å². The van der Waals surface area contributed by atoms with E-state index in [0.29, 0.717) is 28.1 Å². The molecule has 0 aliphatic rings. The minimum Gasteiger partial charge on any atom is -0.497 e. The zero-order chi connectivity index (χ0) is 15.6. The van der Waals surface area contributed by atoms with Crippen LogP contribution in [0, 0.1) is 6.92 Å². The molecule has 0 saturated heterocycles. The minimum absolute atomic E-state index is 0.0284. The number of aromatic nitrogens is 2. The van der Waals surface area contributed by atoms with Crippen LogP contribution in [0.15, 0.2) is 16.9 Å². The molecule has 0 amide bonds. The monoisotopic (exact) mass is 292 g/mol. The normalized spacial score (nSPS) is 10.6. The number of carboxylic acid groups (broad SMARTS) is 1. The third-order valence-corrected chi connectivity index (χ3v) is 3.21. The Balaban J connectivity index is 2.78. The van der Waals surface area contributed by atoms with Crippen LogP contribution in [0.4, 0.5) is 0 Å². The van der Waals surface area contributed by atoms with Gasteiger partial charge >= 0.3 is 11.7 Å². The number of rotatable bonds is 5. The summed E-state index contributed by atoms with van der Waals surface area (Å²) in [7, 11) is 3.01. The van der Waals surface area contributed by atoms with Crippen LogP contribution in [-0.4, -0.2) is 34.8 Å². The maximum absolute atomic E-state index is 12.1. The number of fused-ring (bicyclic) bond motifs is 1. The summed E-state index contributed by atoms with van der Waals surface area (Å²) in [5.41, 5.74) is 0.570. The standard InChI is InChI=1S/C14H16N2O5/c1-8-10-6-9(20-2)7-11(21-3)13(10)16(14(19)15-8)5-4-12(17)18/h6-7H,4-5H2,1-3H3,(H,17,18). The predicted molar refractivity (Wildman–Crippen MR) is 76.1 cm³/mol. The van der Waals surface area contributed by atoms with Gasteiger partial charge in [0.05, 0.1) is 31.9 Å². The third kappa shape index (κ3) is 2.81. The predicted octanol–water partition coefficient (Wildman–Crippen LogP) is 1.20. The van der Waals surface area contributed by atoms with Crippen LogP contribution >= 0.6 is 0 Å². The zero-order valence-electron chi connectivity index (χ0n) is 12.0. The fourth-order valence-electron chi connectivity index (χ4n) is 2.18. The Labute approximate surface area is 120 Å². The van der Waals surface area contributed by atoms with Crippen LogP contribution < -0.4 is 15.2 Å². The Hall–Kier alpha value is -2.57. The quantitative estimate of drug-likeness (QED) is 0.890. The molecule has 7 nitrogen and oxygen atoms in total. The van der Waals surface area contributed by atoms with Gasteiger partial charge in [0, 0.05) is 18.0 Å². The molecule has 1 N–H and O–H groups in total. The molecule has 7 heteroatoms. The Morgan fingerprint density at radius 2 is 2.05 bits per heavy atom. The van der Waals surface area contributed by atoms with Crippen molar-refractivity contribution in [3.8, 4) is 11.5 Å². The summed E-state index contributed by atoms with van der Waals surface area (Å²) >= 11 is 0. The summed E-state index contributed by atoms with van der Waals surface area (Å²) in [6, 6.07) is 3.40. The van der Waals surface area contributed by atoms with Crippen LogP contribution in [0.1, 0.15) is 12.1 Å². The molecule has 2 aromatic rings. The summed E-state index contributed by atoms with van der Waals surface area (Å²) < 4.78 is 11.8. The van der Waals surface area contributed by atoms with Gasteiger partial charge < -0.3 is 14.6 Å². The van der Waals surface area contributed by atoms with Crippen molar-refractivity contribution in [3.05, 3.63) is 28.3 Å². The van der Waals surface area contributed by atoms with E-state index in [-0.39, 0.29) is 13.0 Å². The number of ether oxygens (including phenoxy) is 2. The largest absolute Gasteiger partial charge is 0.497 e. The number of nitrogens with zero attached hydrogens (tertiary/aromatic N) is 2. The molecule has 0 unspecified atom stereocenters. The van der Waals surface area contributed by atoms with E-state index in [9.17, 15) is 9.59 Å². The van der Waals surface area contributed by atoms with Gasteiger partial charge in [-0.3, -0.25) is 9.36 Å². The van der Waals surface area contributed by atoms with Gasteiger partial charge in [-0.25, -0.2) is 4.79 Å². The van der Waals surface area contributed by atoms with Gasteiger partial charge in [-0.05, 0) is 13.0 Å². The average Bonchev–Trinajstić information content (AvgIpc) is 2.45. The molecule has 112 valence electrons. The molecule has 0 atom stereocenters. The molecule has 1 heterocycles. The highest BCUT2D eigenvalue weighted by Crippen LogP contribution is 2.31. The summed E-state index contributed by atoms with van der Waals surface area (Å²) in [5, 5.41) is 9.50. The second-order valence-corrected chi connectivity index (χ2v) is 4.50. The Morgan fingerprint density at radius 3 is 2.62 bits per heavy atom. The van der Waals surface area contributed by atoms with Gasteiger partial charge in [0.2, 0.25) is 0 Å². The van der Waals surface area contributed by atoms with Crippen molar-refractivity contribution in [2.24, 2.45) is 0 Å². The third-order valence-electron chi connectivity index (χ3n) is 3.21. The molecule has 21 heavy (non-hydrogen) atoms. The van der Waals surface area contributed by atoms with E-state index in [1.165, 1.54) is 18.8 Å². The summed E-state index contributed by atoms with van der Waals surface area (Å²) in [6.07, 6.45) is -0.172. The van der Waals surface area contributed by atoms with Crippen LogP contribution in [0.5, 0.6) is 11.5 Å². The number of methoxy groups -OCH3 is 2. The number of benzene rings is 1. The van der Waals surface area contributed by atoms with Crippen molar-refractivity contribution < 1.29 is 19.4 Å². The smallest absolute Gasteiger partial charge is 0.348 e. The Kier molecular flexibility index (Phi) is 4.11. The SMILES string of the molecule is COc1cc(OC)c2c(c1)c(C)nc(=O)n2CCC(=O)O. The fourth-order valence-corrected chi connectivity index (χ4v) is 2.18. The van der Waals surface area contributed by atoms with Crippen LogP contribution in [0.3, 0.4) is 0 Å². The Bertz CT molecular complexity index is 751. The molecule has 1 aromatic heterocycles. The maximum atomic E-state index is 12.1. The van der Waals surface area contributed by atoms with E-state index in [1.807, 2.05) is 0 Å². The van der Waals surface area contributed by atoms with Crippen molar-refractivity contribution >= 4 is 16.9 Å². The van der Waals surface area contributed by atoms with Crippen LogP contribution in [0.25, 0.3) is 10.9 Å². The van der Waals surface area contributed by atoms with Crippen molar-refractivity contribution in [1.29, 1.82) is 0 Å². The maximum Gasteiger partial charge on any atom is 0.348 e. The summed E-state index contributed by atoms with van der Waals surface area (Å²) in [4.78, 5) is 26.7. The molecule has 0 radical (unpaired) electrons. The number of hydrogen-bond acceptors (Lipinski definition) is 5. The van der Waals surface area contributed by atoms with Crippen molar-refractivity contribution in [3.63, 3.8) is 0 Å². The number of carboxylic acids is 1. The molecule has 1 aromatic carbocycles. The molecule has 0 bridgehead atoms. The molecular weight excluding hydrogens is 276 g/mol. The molecule has 0 spiro atoms. The van der Waals surface area contributed by atoms with E-state index in [4.69, 9.17) is 14.6 Å². The fraction of sp³-hybridized carbons (Fsp3) is 0.357. The number of carbonyl (C=O) groups is 1. The number of hydrogen-bond donors (Lipinski definition) is 1. The first-order chi connectivity index (χ1) is 9.97. The zero-order valence-corrected chi connectivity index (χ0v) is 12.0. The minimum atomic E-state index is -0.983.